The van der Waals surface area contributed by atoms with E-state index in [0.717, 1.165) is 38.3 Å². The van der Waals surface area contributed by atoms with Crippen molar-refractivity contribution >= 4 is 44.8 Å². The highest BCUT2D eigenvalue weighted by Crippen LogP contribution is 2.28. The van der Waals surface area contributed by atoms with Crippen molar-refractivity contribution < 1.29 is 9.21 Å². The summed E-state index contributed by atoms with van der Waals surface area (Å²) in [7, 11) is 0. The first-order valence-corrected chi connectivity index (χ1v) is 9.03. The fourth-order valence-electron chi connectivity index (χ4n) is 3.58. The van der Waals surface area contributed by atoms with E-state index in [2.05, 4.69) is 15.5 Å². The molecule has 0 spiro atoms. The van der Waals surface area contributed by atoms with Crippen molar-refractivity contribution in [2.24, 2.45) is 5.10 Å². The number of hydrazone groups is 1. The van der Waals surface area contributed by atoms with E-state index in [1.807, 2.05) is 67.6 Å². The lowest BCUT2D eigenvalue weighted by atomic mass is 10.1. The van der Waals surface area contributed by atoms with Gasteiger partial charge >= 0.3 is 5.91 Å². The van der Waals surface area contributed by atoms with E-state index in [1.165, 1.54) is 0 Å². The summed E-state index contributed by atoms with van der Waals surface area (Å²) in [5, 5.41) is 8.27. The Morgan fingerprint density at radius 1 is 1.00 bits per heavy atom. The largest absolute Gasteiger partial charge is 0.451 e. The summed E-state index contributed by atoms with van der Waals surface area (Å²) in [6, 6.07) is 21.6. The summed E-state index contributed by atoms with van der Waals surface area (Å²) in [5.74, 6) is -0.145. The topological polar surface area (TPSA) is 70.4 Å². The molecule has 0 radical (unpaired) electrons. The normalized spacial score (nSPS) is 11.8. The molecule has 0 atom stereocenters. The number of H-pyrrole nitrogens is 1. The fourth-order valence-corrected chi connectivity index (χ4v) is 3.58. The first kappa shape index (κ1) is 16.3. The van der Waals surface area contributed by atoms with E-state index in [-0.39, 0.29) is 11.7 Å². The van der Waals surface area contributed by atoms with Crippen molar-refractivity contribution in [3.8, 4) is 0 Å². The SMILES string of the molecule is Cc1[nH]c2ccccc2c1C=NNC(=O)c1cc2c(ccc3ccccc32)o1. The minimum absolute atomic E-state index is 0.235. The van der Waals surface area contributed by atoms with Crippen LogP contribution in [-0.2, 0) is 0 Å². The third-order valence-electron chi connectivity index (χ3n) is 4.95. The molecule has 0 unspecified atom stereocenters. The number of rotatable bonds is 3. The number of carbonyl (C=O) groups is 1. The Bertz CT molecular complexity index is 1370. The number of fused-ring (bicyclic) bond motifs is 4. The Labute approximate surface area is 160 Å². The third-order valence-corrected chi connectivity index (χ3v) is 4.95. The number of aromatic amines is 1. The lowest BCUT2D eigenvalue weighted by Crippen LogP contribution is -2.16. The first-order valence-electron chi connectivity index (χ1n) is 9.03. The number of aromatic nitrogens is 1. The molecule has 5 rings (SSSR count). The van der Waals surface area contributed by atoms with Crippen LogP contribution in [-0.4, -0.2) is 17.1 Å². The van der Waals surface area contributed by atoms with Crippen molar-refractivity contribution in [2.75, 3.05) is 0 Å². The summed E-state index contributed by atoms with van der Waals surface area (Å²) in [6.45, 7) is 1.98. The van der Waals surface area contributed by atoms with Crippen LogP contribution in [0.5, 0.6) is 0 Å². The van der Waals surface area contributed by atoms with Gasteiger partial charge in [-0.25, -0.2) is 5.43 Å². The number of hydrogen-bond donors (Lipinski definition) is 2. The number of carbonyl (C=O) groups excluding carboxylic acids is 1. The van der Waals surface area contributed by atoms with Crippen LogP contribution in [0.1, 0.15) is 21.8 Å². The molecule has 0 saturated heterocycles. The quantitative estimate of drug-likeness (QED) is 0.342. The van der Waals surface area contributed by atoms with Crippen molar-refractivity contribution in [1.82, 2.24) is 10.4 Å². The molecule has 0 aliphatic carbocycles. The minimum Gasteiger partial charge on any atom is -0.451 e. The summed E-state index contributed by atoms with van der Waals surface area (Å²) in [5.41, 5.74) is 6.23. The second-order valence-corrected chi connectivity index (χ2v) is 6.72. The third kappa shape index (κ3) is 2.65. The maximum atomic E-state index is 12.5. The van der Waals surface area contributed by atoms with Gasteiger partial charge in [0, 0.05) is 27.5 Å². The van der Waals surface area contributed by atoms with Gasteiger partial charge in [-0.15, -0.1) is 0 Å². The number of furan rings is 1. The molecule has 136 valence electrons. The Morgan fingerprint density at radius 3 is 2.68 bits per heavy atom. The zero-order chi connectivity index (χ0) is 19.1. The molecule has 0 bridgehead atoms. The average molecular weight is 367 g/mol. The van der Waals surface area contributed by atoms with E-state index in [4.69, 9.17) is 4.42 Å². The summed E-state index contributed by atoms with van der Waals surface area (Å²) in [4.78, 5) is 15.8. The number of hydrogen-bond acceptors (Lipinski definition) is 3. The fraction of sp³-hybridized carbons (Fsp3) is 0.0435. The predicted molar refractivity (Wildman–Crippen MR) is 112 cm³/mol. The number of nitrogens with one attached hydrogen (secondary N) is 2. The smallest absolute Gasteiger partial charge is 0.307 e. The van der Waals surface area contributed by atoms with Gasteiger partial charge in [0.25, 0.3) is 0 Å². The second-order valence-electron chi connectivity index (χ2n) is 6.72. The van der Waals surface area contributed by atoms with Gasteiger partial charge < -0.3 is 9.40 Å². The lowest BCUT2D eigenvalue weighted by molar-refractivity contribution is 0.0929. The molecule has 0 aliphatic rings. The van der Waals surface area contributed by atoms with Crippen molar-refractivity contribution in [1.29, 1.82) is 0 Å². The molecule has 5 nitrogen and oxygen atoms in total. The highest BCUT2D eigenvalue weighted by molar-refractivity contribution is 6.08. The number of aryl methyl sites for hydroxylation is 1. The summed E-state index contributed by atoms with van der Waals surface area (Å²) in [6.07, 6.45) is 1.66. The maximum Gasteiger partial charge on any atom is 0.307 e. The van der Waals surface area contributed by atoms with Gasteiger partial charge in [-0.3, -0.25) is 4.79 Å². The molecular weight excluding hydrogens is 350 g/mol. The van der Waals surface area contributed by atoms with Gasteiger partial charge in [-0.2, -0.15) is 5.10 Å². The van der Waals surface area contributed by atoms with Gasteiger partial charge in [-0.1, -0.05) is 48.5 Å². The van der Waals surface area contributed by atoms with Crippen LogP contribution in [0.4, 0.5) is 0 Å². The molecule has 0 fully saturated rings. The average Bonchev–Trinajstić information content (AvgIpc) is 3.29. The zero-order valence-corrected chi connectivity index (χ0v) is 15.2. The summed E-state index contributed by atoms with van der Waals surface area (Å²) < 4.78 is 5.73. The number of para-hydroxylation sites is 1. The standard InChI is InChI=1S/C23H17N3O2/c1-14-19(17-8-4-5-9-20(17)25-14)13-24-26-23(27)22-12-18-16-7-3-2-6-15(16)10-11-21(18)28-22/h2-13,25H,1H3,(H,26,27). The van der Waals surface area contributed by atoms with Crippen molar-refractivity contribution in [3.63, 3.8) is 0 Å². The van der Waals surface area contributed by atoms with Crippen LogP contribution in [0, 0.1) is 6.92 Å². The summed E-state index contributed by atoms with van der Waals surface area (Å²) >= 11 is 0. The molecule has 5 heteroatoms. The Kier molecular flexibility index (Phi) is 3.72. The molecule has 1 amide bonds. The Morgan fingerprint density at radius 2 is 1.79 bits per heavy atom. The maximum absolute atomic E-state index is 12.5. The predicted octanol–water partition coefficient (Wildman–Crippen LogP) is 5.14. The van der Waals surface area contributed by atoms with Crippen LogP contribution in [0.15, 0.2) is 76.2 Å². The van der Waals surface area contributed by atoms with Crippen molar-refractivity contribution in [2.45, 2.75) is 6.92 Å². The molecular formula is C23H17N3O2. The van der Waals surface area contributed by atoms with Crippen LogP contribution in [0.2, 0.25) is 0 Å². The molecule has 5 aromatic rings. The zero-order valence-electron chi connectivity index (χ0n) is 15.2. The van der Waals surface area contributed by atoms with Gasteiger partial charge in [0.2, 0.25) is 0 Å². The monoisotopic (exact) mass is 367 g/mol. The van der Waals surface area contributed by atoms with E-state index in [1.54, 1.807) is 12.3 Å². The van der Waals surface area contributed by atoms with E-state index in [9.17, 15) is 4.79 Å². The van der Waals surface area contributed by atoms with E-state index < -0.39 is 0 Å². The second kappa shape index (κ2) is 6.39. The molecule has 3 aromatic carbocycles. The van der Waals surface area contributed by atoms with Gasteiger partial charge in [0.1, 0.15) is 5.58 Å². The van der Waals surface area contributed by atoms with Crippen LogP contribution >= 0.6 is 0 Å². The van der Waals surface area contributed by atoms with E-state index >= 15 is 0 Å². The van der Waals surface area contributed by atoms with Crippen LogP contribution in [0.25, 0.3) is 32.6 Å². The molecule has 2 N–H and O–H groups in total. The Hall–Kier alpha value is -3.86. The van der Waals surface area contributed by atoms with E-state index in [0.29, 0.717) is 5.58 Å². The lowest BCUT2D eigenvalue weighted by Gasteiger charge is -1.96. The highest BCUT2D eigenvalue weighted by Gasteiger charge is 2.13. The highest BCUT2D eigenvalue weighted by atomic mass is 16.3. The van der Waals surface area contributed by atoms with Gasteiger partial charge in [0.15, 0.2) is 5.76 Å². The van der Waals surface area contributed by atoms with Gasteiger partial charge in [0.05, 0.1) is 6.21 Å². The molecule has 28 heavy (non-hydrogen) atoms. The number of nitrogens with zero attached hydrogens (tertiary/aromatic N) is 1. The first-order chi connectivity index (χ1) is 13.7. The number of benzene rings is 3. The van der Waals surface area contributed by atoms with Crippen LogP contribution < -0.4 is 5.43 Å². The Balaban J connectivity index is 1.43. The van der Waals surface area contributed by atoms with Crippen molar-refractivity contribution in [3.05, 3.63) is 83.7 Å². The minimum atomic E-state index is -0.381. The van der Waals surface area contributed by atoms with Crippen LogP contribution in [0.3, 0.4) is 0 Å². The molecule has 2 aromatic heterocycles. The molecule has 2 heterocycles. The number of amides is 1. The van der Waals surface area contributed by atoms with Gasteiger partial charge in [-0.05, 0) is 35.9 Å². The molecule has 0 aliphatic heterocycles. The molecule has 0 saturated carbocycles.